The largest absolute Gasteiger partial charge is 0.299 e. The lowest BCUT2D eigenvalue weighted by Gasteiger charge is -2.01. The third kappa shape index (κ3) is 18.8. The van der Waals surface area contributed by atoms with Gasteiger partial charge in [-0.2, -0.15) is 0 Å². The van der Waals surface area contributed by atoms with Crippen LogP contribution in [0.4, 0.5) is 0 Å². The van der Waals surface area contributed by atoms with Gasteiger partial charge in [-0.05, 0) is 18.9 Å². The third-order valence-electron chi connectivity index (χ3n) is 3.49. The van der Waals surface area contributed by atoms with Gasteiger partial charge in [0.25, 0.3) is 0 Å². The predicted molar refractivity (Wildman–Crippen MR) is 93.7 cm³/mol. The molecule has 0 atom stereocenters. The summed E-state index contributed by atoms with van der Waals surface area (Å²) in [5.41, 5.74) is 0. The smallest absolute Gasteiger partial charge is 0.142 e. The molecule has 21 heavy (non-hydrogen) atoms. The highest BCUT2D eigenvalue weighted by Crippen LogP contribution is 2.11. The van der Waals surface area contributed by atoms with E-state index in [9.17, 15) is 5.11 Å². The van der Waals surface area contributed by atoms with Gasteiger partial charge in [-0.25, -0.2) is 0 Å². The molecule has 0 aliphatic heterocycles. The molecular formula is C20H33O. The maximum Gasteiger partial charge on any atom is 0.142 e. The van der Waals surface area contributed by atoms with E-state index in [1.165, 1.54) is 76.7 Å². The van der Waals surface area contributed by atoms with Gasteiger partial charge in [0.1, 0.15) is 6.26 Å². The molecule has 0 spiro atoms. The van der Waals surface area contributed by atoms with Crippen LogP contribution < -0.4 is 0 Å². The molecule has 1 nitrogen and oxygen atoms in total. The van der Waals surface area contributed by atoms with Gasteiger partial charge in [-0.15, -0.1) is 0 Å². The fourth-order valence-electron chi connectivity index (χ4n) is 2.23. The van der Waals surface area contributed by atoms with Crippen molar-refractivity contribution < 1.29 is 5.11 Å². The average Bonchev–Trinajstić information content (AvgIpc) is 2.50. The Morgan fingerprint density at radius 1 is 0.571 bits per heavy atom. The molecule has 0 heterocycles. The SMILES string of the molecule is CCCCCCCCCCCCC=CC=CC=CC=C[O]. The second kappa shape index (κ2) is 18.8. The number of allylic oxidation sites excluding steroid dienone is 7. The first-order chi connectivity index (χ1) is 10.4. The fraction of sp³-hybridized carbons (Fsp3) is 0.600. The van der Waals surface area contributed by atoms with E-state index in [4.69, 9.17) is 0 Å². The van der Waals surface area contributed by atoms with Crippen molar-refractivity contribution in [2.24, 2.45) is 0 Å². The molecule has 0 aromatic carbocycles. The van der Waals surface area contributed by atoms with E-state index in [1.807, 2.05) is 18.2 Å². The van der Waals surface area contributed by atoms with E-state index < -0.39 is 0 Å². The van der Waals surface area contributed by atoms with Gasteiger partial charge in [-0.3, -0.25) is 5.11 Å². The zero-order chi connectivity index (χ0) is 15.4. The van der Waals surface area contributed by atoms with Gasteiger partial charge in [0.15, 0.2) is 0 Å². The molecule has 0 aromatic heterocycles. The molecule has 0 bridgehead atoms. The third-order valence-corrected chi connectivity index (χ3v) is 3.49. The maximum absolute atomic E-state index is 10.0. The number of hydrogen-bond donors (Lipinski definition) is 0. The Labute approximate surface area is 132 Å². The van der Waals surface area contributed by atoms with E-state index >= 15 is 0 Å². The highest BCUT2D eigenvalue weighted by atomic mass is 16.2. The Balaban J connectivity index is 3.21. The molecule has 0 N–H and O–H groups in total. The predicted octanol–water partition coefficient (Wildman–Crippen LogP) is 6.91. The summed E-state index contributed by atoms with van der Waals surface area (Å²) in [7, 11) is 0. The fourth-order valence-corrected chi connectivity index (χ4v) is 2.23. The van der Waals surface area contributed by atoms with Crippen LogP contribution in [0.5, 0.6) is 0 Å². The van der Waals surface area contributed by atoms with Crippen molar-refractivity contribution in [3.63, 3.8) is 0 Å². The summed E-state index contributed by atoms with van der Waals surface area (Å²) in [6, 6.07) is 0. The molecule has 0 aromatic rings. The lowest BCUT2D eigenvalue weighted by Crippen LogP contribution is -1.81. The monoisotopic (exact) mass is 289 g/mol. The molecule has 1 heteroatoms. The number of hydrogen-bond acceptors (Lipinski definition) is 0. The first kappa shape index (κ1) is 19.8. The minimum Gasteiger partial charge on any atom is -0.299 e. The van der Waals surface area contributed by atoms with E-state index in [2.05, 4.69) is 19.1 Å². The van der Waals surface area contributed by atoms with Gasteiger partial charge >= 0.3 is 0 Å². The van der Waals surface area contributed by atoms with Crippen molar-refractivity contribution in [3.8, 4) is 0 Å². The van der Waals surface area contributed by atoms with Crippen molar-refractivity contribution in [1.82, 2.24) is 0 Å². The van der Waals surface area contributed by atoms with E-state index in [0.29, 0.717) is 0 Å². The zero-order valence-electron chi connectivity index (χ0n) is 13.8. The van der Waals surface area contributed by atoms with Crippen LogP contribution in [0.25, 0.3) is 0 Å². The first-order valence-electron chi connectivity index (χ1n) is 8.68. The Bertz CT molecular complexity index is 297. The van der Waals surface area contributed by atoms with Crippen LogP contribution in [0.3, 0.4) is 0 Å². The number of rotatable bonds is 14. The standard InChI is InChI=1S/C20H33O/c1-2-3-4-5-6-7-8-9-10-11-12-13-14-15-16-17-18-19-20-21/h13-20H,2-12H2,1H3. The topological polar surface area (TPSA) is 19.9 Å². The molecule has 0 aliphatic carbocycles. The summed E-state index contributed by atoms with van der Waals surface area (Å²) in [5, 5.41) is 10.0. The summed E-state index contributed by atoms with van der Waals surface area (Å²) in [5.74, 6) is 0. The van der Waals surface area contributed by atoms with E-state index in [-0.39, 0.29) is 0 Å². The van der Waals surface area contributed by atoms with Gasteiger partial charge in [0.05, 0.1) is 0 Å². The van der Waals surface area contributed by atoms with Crippen LogP contribution in [-0.2, 0) is 5.11 Å². The van der Waals surface area contributed by atoms with E-state index in [1.54, 1.807) is 6.08 Å². The highest BCUT2D eigenvalue weighted by Gasteiger charge is 1.91. The van der Waals surface area contributed by atoms with Crippen molar-refractivity contribution >= 4 is 0 Å². The highest BCUT2D eigenvalue weighted by molar-refractivity contribution is 5.14. The molecular weight excluding hydrogens is 256 g/mol. The van der Waals surface area contributed by atoms with Crippen molar-refractivity contribution in [2.45, 2.75) is 77.6 Å². The van der Waals surface area contributed by atoms with Crippen LogP contribution in [0.15, 0.2) is 48.8 Å². The van der Waals surface area contributed by atoms with Crippen LogP contribution in [-0.4, -0.2) is 0 Å². The normalized spacial score (nSPS) is 12.6. The zero-order valence-corrected chi connectivity index (χ0v) is 13.8. The van der Waals surface area contributed by atoms with Crippen LogP contribution in [0.2, 0.25) is 0 Å². The first-order valence-corrected chi connectivity index (χ1v) is 8.68. The van der Waals surface area contributed by atoms with Crippen LogP contribution >= 0.6 is 0 Å². The molecule has 0 amide bonds. The van der Waals surface area contributed by atoms with Gasteiger partial charge in [0, 0.05) is 0 Å². The van der Waals surface area contributed by atoms with Gasteiger partial charge < -0.3 is 0 Å². The molecule has 0 fully saturated rings. The Hall–Kier alpha value is -1.24. The maximum atomic E-state index is 10.0. The summed E-state index contributed by atoms with van der Waals surface area (Å²) in [6.07, 6.45) is 29.2. The molecule has 0 rings (SSSR count). The lowest BCUT2D eigenvalue weighted by atomic mass is 10.1. The summed E-state index contributed by atoms with van der Waals surface area (Å²) >= 11 is 0. The summed E-state index contributed by atoms with van der Waals surface area (Å²) in [6.45, 7) is 2.27. The quantitative estimate of drug-likeness (QED) is 0.188. The van der Waals surface area contributed by atoms with E-state index in [0.717, 1.165) is 6.26 Å². The van der Waals surface area contributed by atoms with Crippen LogP contribution in [0.1, 0.15) is 77.6 Å². The number of unbranched alkanes of at least 4 members (excludes halogenated alkanes) is 10. The summed E-state index contributed by atoms with van der Waals surface area (Å²) in [4.78, 5) is 0. The van der Waals surface area contributed by atoms with Gasteiger partial charge in [0.2, 0.25) is 0 Å². The van der Waals surface area contributed by atoms with Gasteiger partial charge in [-0.1, -0.05) is 101 Å². The molecule has 0 saturated heterocycles. The Kier molecular flexibility index (Phi) is 17.7. The Morgan fingerprint density at radius 2 is 1.05 bits per heavy atom. The lowest BCUT2D eigenvalue weighted by molar-refractivity contribution is 0.352. The second-order valence-corrected chi connectivity index (χ2v) is 5.50. The molecule has 0 saturated carbocycles. The molecule has 0 aliphatic rings. The molecule has 119 valence electrons. The molecule has 0 unspecified atom stereocenters. The minimum atomic E-state index is 0.783. The van der Waals surface area contributed by atoms with Crippen molar-refractivity contribution in [1.29, 1.82) is 0 Å². The summed E-state index contributed by atoms with van der Waals surface area (Å²) < 4.78 is 0. The average molecular weight is 289 g/mol. The second-order valence-electron chi connectivity index (χ2n) is 5.50. The van der Waals surface area contributed by atoms with Crippen molar-refractivity contribution in [2.75, 3.05) is 0 Å². The Morgan fingerprint density at radius 3 is 1.62 bits per heavy atom. The minimum absolute atomic E-state index is 0.783. The molecule has 1 radical (unpaired) electrons. The van der Waals surface area contributed by atoms with Crippen molar-refractivity contribution in [3.05, 3.63) is 48.8 Å². The van der Waals surface area contributed by atoms with Crippen LogP contribution in [0, 0.1) is 0 Å².